The number of nitro groups is 1. The van der Waals surface area contributed by atoms with Crippen molar-refractivity contribution in [2.45, 2.75) is 32.6 Å². The number of hydrogen-bond donors (Lipinski definition) is 1. The minimum absolute atomic E-state index is 0.0801. The first-order chi connectivity index (χ1) is 14.8. The maximum Gasteiger partial charge on any atom is 0.326 e. The molecule has 31 heavy (non-hydrogen) atoms. The van der Waals surface area contributed by atoms with Gasteiger partial charge in [0.2, 0.25) is 11.8 Å². The van der Waals surface area contributed by atoms with Gasteiger partial charge in [0.1, 0.15) is 18.0 Å². The van der Waals surface area contributed by atoms with Crippen LogP contribution in [0.25, 0.3) is 0 Å². The van der Waals surface area contributed by atoms with Crippen molar-refractivity contribution < 1.29 is 33.6 Å². The topological polar surface area (TPSA) is 145 Å². The Morgan fingerprint density at radius 3 is 2.42 bits per heavy atom. The van der Waals surface area contributed by atoms with Gasteiger partial charge in [-0.2, -0.15) is 0 Å². The smallest absolute Gasteiger partial charge is 0.326 e. The second-order valence-corrected chi connectivity index (χ2v) is 7.34. The normalized spacial score (nSPS) is 20.2. The third kappa shape index (κ3) is 4.98. The number of benzene rings is 1. The molecule has 3 rings (SSSR count). The number of anilines is 1. The van der Waals surface area contributed by atoms with E-state index in [0.717, 1.165) is 17.7 Å². The minimum Gasteiger partial charge on any atom is -0.494 e. The van der Waals surface area contributed by atoms with Gasteiger partial charge in [0, 0.05) is 0 Å². The van der Waals surface area contributed by atoms with E-state index >= 15 is 0 Å². The zero-order valence-electron chi connectivity index (χ0n) is 17.0. The van der Waals surface area contributed by atoms with E-state index in [1.807, 2.05) is 0 Å². The molecular formula is C20H23N3O8. The zero-order chi connectivity index (χ0) is 22.5. The Morgan fingerprint density at radius 1 is 1.19 bits per heavy atom. The number of likely N-dealkylation sites (tertiary alicyclic amines) is 1. The summed E-state index contributed by atoms with van der Waals surface area (Å²) in [5.41, 5.74) is -0.454. The number of esters is 1. The third-order valence-corrected chi connectivity index (χ3v) is 5.33. The van der Waals surface area contributed by atoms with Crippen molar-refractivity contribution in [2.75, 3.05) is 25.1 Å². The SMILES string of the molecule is CCOc1ccc(NC(=O)COC(=O)CN2C(=O)[C@H]3CCCC[C@@H]3C2=O)c([N+](=O)[O-])c1. The number of carbonyl (C=O) groups is 4. The van der Waals surface area contributed by atoms with Crippen molar-refractivity contribution in [1.29, 1.82) is 0 Å². The second-order valence-electron chi connectivity index (χ2n) is 7.34. The molecule has 166 valence electrons. The molecule has 1 aliphatic carbocycles. The van der Waals surface area contributed by atoms with Crippen molar-refractivity contribution in [3.63, 3.8) is 0 Å². The second kappa shape index (κ2) is 9.54. The predicted octanol–water partition coefficient (Wildman–Crippen LogP) is 1.65. The van der Waals surface area contributed by atoms with Crippen molar-refractivity contribution in [1.82, 2.24) is 4.90 Å². The highest BCUT2D eigenvalue weighted by Crippen LogP contribution is 2.37. The fraction of sp³-hybridized carbons (Fsp3) is 0.500. The van der Waals surface area contributed by atoms with E-state index in [0.29, 0.717) is 19.4 Å². The van der Waals surface area contributed by atoms with Crippen molar-refractivity contribution >= 4 is 35.1 Å². The van der Waals surface area contributed by atoms with E-state index in [1.54, 1.807) is 6.92 Å². The first kappa shape index (κ1) is 22.2. The van der Waals surface area contributed by atoms with E-state index < -0.39 is 30.0 Å². The number of nitrogens with zero attached hydrogens (tertiary/aromatic N) is 2. The van der Waals surface area contributed by atoms with Crippen LogP contribution in [-0.2, 0) is 23.9 Å². The number of hydrogen-bond acceptors (Lipinski definition) is 8. The van der Waals surface area contributed by atoms with Crippen LogP contribution in [0.2, 0.25) is 0 Å². The largest absolute Gasteiger partial charge is 0.494 e. The van der Waals surface area contributed by atoms with Crippen LogP contribution < -0.4 is 10.1 Å². The van der Waals surface area contributed by atoms with E-state index in [1.165, 1.54) is 18.2 Å². The van der Waals surface area contributed by atoms with Crippen molar-refractivity contribution in [3.8, 4) is 5.75 Å². The van der Waals surface area contributed by atoms with E-state index in [-0.39, 0.29) is 40.8 Å². The molecule has 0 radical (unpaired) electrons. The molecule has 3 amide bonds. The summed E-state index contributed by atoms with van der Waals surface area (Å²) in [6.45, 7) is 0.781. The molecule has 1 heterocycles. The molecule has 2 fully saturated rings. The predicted molar refractivity (Wildman–Crippen MR) is 106 cm³/mol. The average Bonchev–Trinajstić information content (AvgIpc) is 2.98. The van der Waals surface area contributed by atoms with Crippen LogP contribution in [0.3, 0.4) is 0 Å². The number of amides is 3. The van der Waals surface area contributed by atoms with Gasteiger partial charge in [0.25, 0.3) is 11.6 Å². The fourth-order valence-electron chi connectivity index (χ4n) is 3.92. The Bertz CT molecular complexity index is 892. The molecule has 0 spiro atoms. The number of nitro benzene ring substituents is 1. The molecular weight excluding hydrogens is 410 g/mol. The summed E-state index contributed by atoms with van der Waals surface area (Å²) >= 11 is 0. The molecule has 1 aromatic rings. The summed E-state index contributed by atoms with van der Waals surface area (Å²) in [5, 5.41) is 13.5. The van der Waals surface area contributed by atoms with Gasteiger partial charge in [-0.05, 0) is 31.9 Å². The van der Waals surface area contributed by atoms with Crippen LogP contribution in [0.5, 0.6) is 5.75 Å². The first-order valence-corrected chi connectivity index (χ1v) is 10.0. The van der Waals surface area contributed by atoms with E-state index in [9.17, 15) is 29.3 Å². The van der Waals surface area contributed by atoms with Gasteiger partial charge >= 0.3 is 5.97 Å². The van der Waals surface area contributed by atoms with Crippen LogP contribution >= 0.6 is 0 Å². The Balaban J connectivity index is 1.54. The first-order valence-electron chi connectivity index (χ1n) is 10.0. The summed E-state index contributed by atoms with van der Waals surface area (Å²) in [6.07, 6.45) is 3.00. The van der Waals surface area contributed by atoms with Crippen molar-refractivity contribution in [3.05, 3.63) is 28.3 Å². The monoisotopic (exact) mass is 433 g/mol. The van der Waals surface area contributed by atoms with Crippen LogP contribution in [0.4, 0.5) is 11.4 Å². The lowest BCUT2D eigenvalue weighted by atomic mass is 9.81. The number of nitrogens with one attached hydrogen (secondary N) is 1. The molecule has 1 saturated heterocycles. The molecule has 0 bridgehead atoms. The summed E-state index contributed by atoms with van der Waals surface area (Å²) < 4.78 is 10.1. The molecule has 11 heteroatoms. The molecule has 2 atom stereocenters. The molecule has 1 aliphatic heterocycles. The van der Waals surface area contributed by atoms with Gasteiger partial charge in [-0.1, -0.05) is 12.8 Å². The summed E-state index contributed by atoms with van der Waals surface area (Å²) in [7, 11) is 0. The number of carbonyl (C=O) groups excluding carboxylic acids is 4. The average molecular weight is 433 g/mol. The Labute approximate surface area is 177 Å². The van der Waals surface area contributed by atoms with E-state index in [2.05, 4.69) is 5.32 Å². The Hall–Kier alpha value is -3.50. The molecule has 11 nitrogen and oxygen atoms in total. The highest BCUT2D eigenvalue weighted by atomic mass is 16.6. The zero-order valence-corrected chi connectivity index (χ0v) is 17.0. The Kier molecular flexibility index (Phi) is 6.83. The van der Waals surface area contributed by atoms with Crippen LogP contribution in [0.1, 0.15) is 32.6 Å². The molecule has 0 unspecified atom stereocenters. The van der Waals surface area contributed by atoms with Crippen LogP contribution in [-0.4, -0.2) is 53.3 Å². The Morgan fingerprint density at radius 2 is 1.84 bits per heavy atom. The maximum atomic E-state index is 12.4. The summed E-state index contributed by atoms with van der Waals surface area (Å²) in [6, 6.07) is 3.95. The van der Waals surface area contributed by atoms with Gasteiger partial charge < -0.3 is 14.8 Å². The van der Waals surface area contributed by atoms with Gasteiger partial charge in [0.05, 0.1) is 29.4 Å². The molecule has 1 N–H and O–H groups in total. The van der Waals surface area contributed by atoms with Gasteiger partial charge in [-0.3, -0.25) is 34.2 Å². The highest BCUT2D eigenvalue weighted by molar-refractivity contribution is 6.07. The van der Waals surface area contributed by atoms with Crippen molar-refractivity contribution in [2.24, 2.45) is 11.8 Å². The lowest BCUT2D eigenvalue weighted by Gasteiger charge is -2.19. The molecule has 2 aliphatic rings. The van der Waals surface area contributed by atoms with Gasteiger partial charge in [0.15, 0.2) is 6.61 Å². The number of ether oxygens (including phenoxy) is 2. The van der Waals surface area contributed by atoms with Gasteiger partial charge in [-0.15, -0.1) is 0 Å². The fourth-order valence-corrected chi connectivity index (χ4v) is 3.92. The summed E-state index contributed by atoms with van der Waals surface area (Å²) in [4.78, 5) is 60.4. The maximum absolute atomic E-state index is 12.4. The van der Waals surface area contributed by atoms with Crippen LogP contribution in [0.15, 0.2) is 18.2 Å². The lowest BCUT2D eigenvalue weighted by Crippen LogP contribution is -2.37. The molecule has 0 aromatic heterocycles. The number of rotatable bonds is 8. The lowest BCUT2D eigenvalue weighted by molar-refractivity contribution is -0.384. The quantitative estimate of drug-likeness (QED) is 0.282. The van der Waals surface area contributed by atoms with Crippen LogP contribution in [0, 0.1) is 22.0 Å². The summed E-state index contributed by atoms with van der Waals surface area (Å²) in [5.74, 6) is -2.93. The van der Waals surface area contributed by atoms with E-state index in [4.69, 9.17) is 9.47 Å². The van der Waals surface area contributed by atoms with Gasteiger partial charge in [-0.25, -0.2) is 0 Å². The number of imide groups is 1. The highest BCUT2D eigenvalue weighted by Gasteiger charge is 2.48. The third-order valence-electron chi connectivity index (χ3n) is 5.33. The standard InChI is InChI=1S/C20H23N3O8/c1-2-30-12-7-8-15(16(9-12)23(28)29)21-17(24)11-31-18(25)10-22-19(26)13-5-3-4-6-14(13)20(22)27/h7-9,13-14H,2-6,10-11H2,1H3,(H,21,24)/t13-,14-/m0/s1. The minimum atomic E-state index is -0.906. The number of fused-ring (bicyclic) bond motifs is 1. The molecule has 1 aromatic carbocycles. The molecule has 1 saturated carbocycles.